The van der Waals surface area contributed by atoms with Crippen molar-refractivity contribution in [2.24, 2.45) is 5.41 Å². The fraction of sp³-hybridized carbons (Fsp3) is 1.00. The van der Waals surface area contributed by atoms with Crippen molar-refractivity contribution in [1.82, 2.24) is 0 Å². The molecule has 0 aromatic carbocycles. The number of halogens is 1. The molecule has 2 heteroatoms. The van der Waals surface area contributed by atoms with Gasteiger partial charge in [0.15, 0.2) is 0 Å². The molecule has 0 heterocycles. The first kappa shape index (κ1) is 11.4. The molecule has 68 valence electrons. The molecule has 0 unspecified atom stereocenters. The van der Waals surface area contributed by atoms with Crippen molar-refractivity contribution < 1.29 is 4.74 Å². The standard InChI is InChI=1S/C9H19BrO/c1-9(2,8-10)6-4-5-7-11-3/h4-8H2,1-3H3. The molecule has 1 nitrogen and oxygen atoms in total. The first-order valence-corrected chi connectivity index (χ1v) is 5.29. The molecular weight excluding hydrogens is 204 g/mol. The van der Waals surface area contributed by atoms with Crippen LogP contribution in [-0.4, -0.2) is 19.0 Å². The molecule has 0 aromatic rings. The summed E-state index contributed by atoms with van der Waals surface area (Å²) >= 11 is 3.51. The highest BCUT2D eigenvalue weighted by Gasteiger charge is 2.14. The van der Waals surface area contributed by atoms with Crippen molar-refractivity contribution in [1.29, 1.82) is 0 Å². The Bertz CT molecular complexity index is 91.6. The molecule has 0 bridgehead atoms. The highest BCUT2D eigenvalue weighted by Crippen LogP contribution is 2.25. The lowest BCUT2D eigenvalue weighted by molar-refractivity contribution is 0.187. The Labute approximate surface area is 78.6 Å². The maximum atomic E-state index is 4.98. The fourth-order valence-corrected chi connectivity index (χ4v) is 1.20. The largest absolute Gasteiger partial charge is 0.385 e. The zero-order valence-electron chi connectivity index (χ0n) is 7.82. The second-order valence-corrected chi connectivity index (χ2v) is 4.31. The van der Waals surface area contributed by atoms with Gasteiger partial charge in [0.1, 0.15) is 0 Å². The number of hydrogen-bond acceptors (Lipinski definition) is 1. The molecule has 0 atom stereocenters. The second kappa shape index (κ2) is 6.01. The molecule has 11 heavy (non-hydrogen) atoms. The SMILES string of the molecule is COCCCCC(C)(C)CBr. The molecule has 0 aliphatic rings. The summed E-state index contributed by atoms with van der Waals surface area (Å²) < 4.78 is 4.98. The Morgan fingerprint density at radius 1 is 1.27 bits per heavy atom. The topological polar surface area (TPSA) is 9.23 Å². The van der Waals surface area contributed by atoms with Crippen molar-refractivity contribution in [3.63, 3.8) is 0 Å². The predicted molar refractivity (Wildman–Crippen MR) is 53.3 cm³/mol. The third-order valence-electron chi connectivity index (χ3n) is 1.81. The second-order valence-electron chi connectivity index (χ2n) is 3.75. The first-order chi connectivity index (χ1) is 5.12. The number of ether oxygens (including phenoxy) is 1. The van der Waals surface area contributed by atoms with Crippen LogP contribution in [0.1, 0.15) is 33.1 Å². The normalized spacial score (nSPS) is 12.0. The van der Waals surface area contributed by atoms with E-state index >= 15 is 0 Å². The fourth-order valence-electron chi connectivity index (χ4n) is 0.917. The van der Waals surface area contributed by atoms with E-state index in [-0.39, 0.29) is 0 Å². The van der Waals surface area contributed by atoms with Crippen LogP contribution in [0, 0.1) is 5.41 Å². The van der Waals surface area contributed by atoms with Crippen LogP contribution in [-0.2, 0) is 4.74 Å². The van der Waals surface area contributed by atoms with Crippen LogP contribution in [0.5, 0.6) is 0 Å². The van der Waals surface area contributed by atoms with Crippen molar-refractivity contribution in [3.05, 3.63) is 0 Å². The quantitative estimate of drug-likeness (QED) is 0.496. The average Bonchev–Trinajstić information content (AvgIpc) is 1.99. The maximum Gasteiger partial charge on any atom is 0.0462 e. The van der Waals surface area contributed by atoms with Crippen LogP contribution in [0.4, 0.5) is 0 Å². The molecule has 0 N–H and O–H groups in total. The van der Waals surface area contributed by atoms with Gasteiger partial charge in [0.2, 0.25) is 0 Å². The monoisotopic (exact) mass is 222 g/mol. The van der Waals surface area contributed by atoms with Crippen LogP contribution >= 0.6 is 15.9 Å². The molecule has 0 fully saturated rings. The van der Waals surface area contributed by atoms with Gasteiger partial charge in [-0.25, -0.2) is 0 Å². The number of alkyl halides is 1. The van der Waals surface area contributed by atoms with Gasteiger partial charge in [-0.2, -0.15) is 0 Å². The lowest BCUT2D eigenvalue weighted by atomic mass is 9.90. The van der Waals surface area contributed by atoms with Crippen molar-refractivity contribution >= 4 is 15.9 Å². The molecule has 0 saturated heterocycles. The minimum Gasteiger partial charge on any atom is -0.385 e. The van der Waals surface area contributed by atoms with Gasteiger partial charge in [0.05, 0.1) is 0 Å². The summed E-state index contributed by atoms with van der Waals surface area (Å²) in [6, 6.07) is 0. The summed E-state index contributed by atoms with van der Waals surface area (Å²) in [6.07, 6.45) is 3.74. The van der Waals surface area contributed by atoms with E-state index in [1.807, 2.05) is 0 Å². The molecule has 0 spiro atoms. The van der Waals surface area contributed by atoms with Crippen molar-refractivity contribution in [2.75, 3.05) is 19.0 Å². The number of methoxy groups -OCH3 is 1. The van der Waals surface area contributed by atoms with Gasteiger partial charge in [0, 0.05) is 19.0 Å². The third-order valence-corrected chi connectivity index (χ3v) is 3.33. The predicted octanol–water partition coefficient (Wildman–Crippen LogP) is 3.22. The molecule has 0 radical (unpaired) electrons. The first-order valence-electron chi connectivity index (χ1n) is 4.17. The summed E-state index contributed by atoms with van der Waals surface area (Å²) in [5.41, 5.74) is 0.452. The Kier molecular flexibility index (Phi) is 6.25. The van der Waals surface area contributed by atoms with Gasteiger partial charge in [-0.05, 0) is 18.3 Å². The van der Waals surface area contributed by atoms with Gasteiger partial charge in [-0.3, -0.25) is 0 Å². The van der Waals surface area contributed by atoms with Gasteiger partial charge in [-0.1, -0.05) is 36.2 Å². The minimum absolute atomic E-state index is 0.452. The van der Waals surface area contributed by atoms with E-state index in [1.165, 1.54) is 19.3 Å². The molecular formula is C9H19BrO. The van der Waals surface area contributed by atoms with E-state index in [0.717, 1.165) is 11.9 Å². The zero-order valence-corrected chi connectivity index (χ0v) is 9.41. The average molecular weight is 223 g/mol. The van der Waals surface area contributed by atoms with Gasteiger partial charge >= 0.3 is 0 Å². The van der Waals surface area contributed by atoms with Gasteiger partial charge in [-0.15, -0.1) is 0 Å². The highest BCUT2D eigenvalue weighted by molar-refractivity contribution is 9.09. The highest BCUT2D eigenvalue weighted by atomic mass is 79.9. The molecule has 0 amide bonds. The van der Waals surface area contributed by atoms with Crippen LogP contribution in [0.25, 0.3) is 0 Å². The molecule has 0 aromatic heterocycles. The number of rotatable bonds is 6. The summed E-state index contributed by atoms with van der Waals surface area (Å²) in [4.78, 5) is 0. The van der Waals surface area contributed by atoms with Gasteiger partial charge in [0.25, 0.3) is 0 Å². The van der Waals surface area contributed by atoms with Crippen LogP contribution in [0.2, 0.25) is 0 Å². The Morgan fingerprint density at radius 2 is 1.91 bits per heavy atom. The van der Waals surface area contributed by atoms with E-state index in [4.69, 9.17) is 4.74 Å². The molecule has 0 aliphatic carbocycles. The molecule has 0 saturated carbocycles. The van der Waals surface area contributed by atoms with Crippen LogP contribution in [0.15, 0.2) is 0 Å². The maximum absolute atomic E-state index is 4.98. The Morgan fingerprint density at radius 3 is 2.36 bits per heavy atom. The van der Waals surface area contributed by atoms with E-state index in [0.29, 0.717) is 5.41 Å². The Hall–Kier alpha value is 0.440. The lowest BCUT2D eigenvalue weighted by Gasteiger charge is -2.20. The summed E-state index contributed by atoms with van der Waals surface area (Å²) in [6.45, 7) is 5.47. The zero-order chi connectivity index (χ0) is 8.74. The molecule has 0 rings (SSSR count). The lowest BCUT2D eigenvalue weighted by Crippen LogP contribution is -2.12. The van der Waals surface area contributed by atoms with Crippen LogP contribution in [0.3, 0.4) is 0 Å². The smallest absolute Gasteiger partial charge is 0.0462 e. The molecule has 0 aliphatic heterocycles. The third kappa shape index (κ3) is 6.82. The number of unbranched alkanes of at least 4 members (excludes halogenated alkanes) is 1. The van der Waals surface area contributed by atoms with Gasteiger partial charge < -0.3 is 4.74 Å². The van der Waals surface area contributed by atoms with Crippen molar-refractivity contribution in [3.8, 4) is 0 Å². The van der Waals surface area contributed by atoms with E-state index in [1.54, 1.807) is 7.11 Å². The van der Waals surface area contributed by atoms with Crippen LogP contribution < -0.4 is 0 Å². The Balaban J connectivity index is 3.23. The van der Waals surface area contributed by atoms with E-state index in [2.05, 4.69) is 29.8 Å². The minimum atomic E-state index is 0.452. The van der Waals surface area contributed by atoms with E-state index in [9.17, 15) is 0 Å². The summed E-state index contributed by atoms with van der Waals surface area (Å²) in [5, 5.41) is 1.09. The van der Waals surface area contributed by atoms with E-state index < -0.39 is 0 Å². The van der Waals surface area contributed by atoms with Crippen molar-refractivity contribution in [2.45, 2.75) is 33.1 Å². The number of hydrogen-bond donors (Lipinski definition) is 0. The summed E-state index contributed by atoms with van der Waals surface area (Å²) in [5.74, 6) is 0. The summed E-state index contributed by atoms with van der Waals surface area (Å²) in [7, 11) is 1.76.